The third-order valence-electron chi connectivity index (χ3n) is 5.46. The fourth-order valence-electron chi connectivity index (χ4n) is 3.77. The van der Waals surface area contributed by atoms with Crippen LogP contribution in [-0.4, -0.2) is 28.0 Å². The summed E-state index contributed by atoms with van der Waals surface area (Å²) < 4.78 is 33.3. The molecule has 1 amide bonds. The van der Waals surface area contributed by atoms with E-state index in [4.69, 9.17) is 4.74 Å². The number of nitrogens with one attached hydrogen (secondary N) is 1. The van der Waals surface area contributed by atoms with Gasteiger partial charge in [0.1, 0.15) is 5.75 Å². The molecule has 0 aliphatic carbocycles. The molecule has 1 N–H and O–H groups in total. The molecule has 0 radical (unpaired) electrons. The van der Waals surface area contributed by atoms with Gasteiger partial charge in [-0.15, -0.1) is 0 Å². The number of rotatable bonds is 5. The maximum absolute atomic E-state index is 13.3. The molecule has 0 unspecified atom stereocenters. The minimum atomic E-state index is -3.74. The van der Waals surface area contributed by atoms with Gasteiger partial charge in [0.25, 0.3) is 15.9 Å². The maximum Gasteiger partial charge on any atom is 0.264 e. The van der Waals surface area contributed by atoms with Crippen LogP contribution in [0.4, 0.5) is 11.4 Å². The number of nitrogens with zero attached hydrogens (tertiary/aromatic N) is 1. The zero-order valence-corrected chi connectivity index (χ0v) is 18.3. The maximum atomic E-state index is 13.3. The second kappa shape index (κ2) is 8.43. The Morgan fingerprint density at radius 2 is 1.77 bits per heavy atom. The van der Waals surface area contributed by atoms with Crippen LogP contribution >= 0.6 is 0 Å². The summed E-state index contributed by atoms with van der Waals surface area (Å²) in [5.41, 5.74) is 3.57. The number of sulfonamides is 1. The SMILES string of the molecule is COc1ccc(S(=O)(=O)N2CCCc3ccc(NC(=O)c4ccccc4C)cc32)cc1. The van der Waals surface area contributed by atoms with E-state index in [1.165, 1.54) is 11.4 Å². The van der Waals surface area contributed by atoms with Gasteiger partial charge in [-0.05, 0) is 73.4 Å². The molecule has 0 saturated carbocycles. The van der Waals surface area contributed by atoms with Crippen LogP contribution in [0.5, 0.6) is 5.75 Å². The molecule has 1 heterocycles. The molecule has 0 atom stereocenters. The molecule has 3 aromatic carbocycles. The summed E-state index contributed by atoms with van der Waals surface area (Å²) in [4.78, 5) is 12.9. The minimum Gasteiger partial charge on any atom is -0.497 e. The van der Waals surface area contributed by atoms with Crippen molar-refractivity contribution in [2.45, 2.75) is 24.7 Å². The van der Waals surface area contributed by atoms with Crippen molar-refractivity contribution in [3.63, 3.8) is 0 Å². The molecule has 0 aromatic heterocycles. The first-order chi connectivity index (χ1) is 14.9. The molecule has 0 spiro atoms. The first-order valence-electron chi connectivity index (χ1n) is 10.1. The lowest BCUT2D eigenvalue weighted by molar-refractivity contribution is 0.102. The predicted octanol–water partition coefficient (Wildman–Crippen LogP) is 4.40. The number of benzene rings is 3. The number of amides is 1. The van der Waals surface area contributed by atoms with Crippen LogP contribution in [0.2, 0.25) is 0 Å². The fourth-order valence-corrected chi connectivity index (χ4v) is 5.30. The lowest BCUT2D eigenvalue weighted by atomic mass is 10.0. The largest absolute Gasteiger partial charge is 0.497 e. The highest BCUT2D eigenvalue weighted by Crippen LogP contribution is 2.34. The molecule has 1 aliphatic rings. The Kier molecular flexibility index (Phi) is 5.69. The molecule has 6 nitrogen and oxygen atoms in total. The average molecular weight is 437 g/mol. The van der Waals surface area contributed by atoms with Crippen molar-refractivity contribution in [2.24, 2.45) is 0 Å². The molecule has 7 heteroatoms. The normalized spacial score (nSPS) is 13.4. The van der Waals surface area contributed by atoms with Crippen molar-refractivity contribution >= 4 is 27.3 Å². The van der Waals surface area contributed by atoms with Crippen LogP contribution < -0.4 is 14.4 Å². The van der Waals surface area contributed by atoms with Gasteiger partial charge in [0.15, 0.2) is 0 Å². The van der Waals surface area contributed by atoms with E-state index in [1.807, 2.05) is 37.3 Å². The number of hydrogen-bond acceptors (Lipinski definition) is 4. The monoisotopic (exact) mass is 436 g/mol. The van der Waals surface area contributed by atoms with Gasteiger partial charge in [-0.1, -0.05) is 24.3 Å². The number of hydrogen-bond donors (Lipinski definition) is 1. The summed E-state index contributed by atoms with van der Waals surface area (Å²) >= 11 is 0. The smallest absolute Gasteiger partial charge is 0.264 e. The Morgan fingerprint density at radius 3 is 2.48 bits per heavy atom. The Balaban J connectivity index is 1.66. The van der Waals surface area contributed by atoms with E-state index in [0.717, 1.165) is 24.0 Å². The third kappa shape index (κ3) is 4.14. The van der Waals surface area contributed by atoms with E-state index >= 15 is 0 Å². The van der Waals surface area contributed by atoms with Crippen LogP contribution in [-0.2, 0) is 16.4 Å². The Labute approximate surface area is 182 Å². The zero-order valence-electron chi connectivity index (χ0n) is 17.5. The summed E-state index contributed by atoms with van der Waals surface area (Å²) in [5.74, 6) is 0.373. The number of fused-ring (bicyclic) bond motifs is 1. The molecule has 31 heavy (non-hydrogen) atoms. The lowest BCUT2D eigenvalue weighted by Gasteiger charge is -2.31. The van der Waals surface area contributed by atoms with E-state index in [0.29, 0.717) is 29.2 Å². The van der Waals surface area contributed by atoms with Crippen molar-refractivity contribution in [1.29, 1.82) is 0 Å². The molecule has 160 valence electrons. The van der Waals surface area contributed by atoms with Gasteiger partial charge in [0.2, 0.25) is 0 Å². The average Bonchev–Trinajstić information content (AvgIpc) is 2.78. The quantitative estimate of drug-likeness (QED) is 0.643. The van der Waals surface area contributed by atoms with Crippen LogP contribution in [0.3, 0.4) is 0 Å². The standard InChI is InChI=1S/C24H24N2O4S/c1-17-6-3-4-8-22(17)24(27)25-19-10-9-18-7-5-15-26(23(18)16-19)31(28,29)21-13-11-20(30-2)12-14-21/h3-4,6,8-14,16H,5,7,15H2,1-2H3,(H,25,27). The van der Waals surface area contributed by atoms with E-state index in [1.54, 1.807) is 36.4 Å². The molecule has 0 fully saturated rings. The highest BCUT2D eigenvalue weighted by molar-refractivity contribution is 7.92. The Bertz CT molecular complexity index is 1220. The molecule has 0 bridgehead atoms. The van der Waals surface area contributed by atoms with Crippen LogP contribution in [0, 0.1) is 6.92 Å². The number of methoxy groups -OCH3 is 1. The van der Waals surface area contributed by atoms with Crippen molar-refractivity contribution < 1.29 is 17.9 Å². The lowest BCUT2D eigenvalue weighted by Crippen LogP contribution is -2.35. The topological polar surface area (TPSA) is 75.7 Å². The Morgan fingerprint density at radius 1 is 1.03 bits per heavy atom. The third-order valence-corrected chi connectivity index (χ3v) is 7.28. The number of carbonyl (C=O) groups excluding carboxylic acids is 1. The Hall–Kier alpha value is -3.32. The van der Waals surface area contributed by atoms with Crippen LogP contribution in [0.1, 0.15) is 27.9 Å². The van der Waals surface area contributed by atoms with E-state index in [-0.39, 0.29) is 10.8 Å². The van der Waals surface area contributed by atoms with Gasteiger partial charge in [0, 0.05) is 17.8 Å². The molecule has 0 saturated heterocycles. The second-order valence-corrected chi connectivity index (χ2v) is 9.33. The van der Waals surface area contributed by atoms with Crippen LogP contribution in [0.15, 0.2) is 71.6 Å². The summed E-state index contributed by atoms with van der Waals surface area (Å²) in [7, 11) is -2.20. The summed E-state index contributed by atoms with van der Waals surface area (Å²) in [6.45, 7) is 2.27. The molecule has 3 aromatic rings. The van der Waals surface area contributed by atoms with Crippen molar-refractivity contribution in [3.8, 4) is 5.75 Å². The number of aryl methyl sites for hydroxylation is 2. The molecule has 1 aliphatic heterocycles. The van der Waals surface area contributed by atoms with Gasteiger partial charge < -0.3 is 10.1 Å². The van der Waals surface area contributed by atoms with Crippen LogP contribution in [0.25, 0.3) is 0 Å². The summed E-state index contributed by atoms with van der Waals surface area (Å²) in [6.07, 6.45) is 1.52. The number of carbonyl (C=O) groups is 1. The van der Waals surface area contributed by atoms with E-state index in [2.05, 4.69) is 5.32 Å². The van der Waals surface area contributed by atoms with Gasteiger partial charge in [0.05, 0.1) is 17.7 Å². The van der Waals surface area contributed by atoms with Gasteiger partial charge in [-0.3, -0.25) is 9.10 Å². The summed E-state index contributed by atoms with van der Waals surface area (Å²) in [6, 6.07) is 19.2. The first kappa shape index (κ1) is 20.9. The second-order valence-electron chi connectivity index (χ2n) is 7.47. The summed E-state index contributed by atoms with van der Waals surface area (Å²) in [5, 5.41) is 2.90. The fraction of sp³-hybridized carbons (Fsp3) is 0.208. The van der Waals surface area contributed by atoms with Crippen molar-refractivity contribution in [3.05, 3.63) is 83.4 Å². The molecule has 4 rings (SSSR count). The molecular formula is C24H24N2O4S. The number of ether oxygens (including phenoxy) is 1. The van der Waals surface area contributed by atoms with Crippen molar-refractivity contribution in [2.75, 3.05) is 23.3 Å². The van der Waals surface area contributed by atoms with E-state index < -0.39 is 10.0 Å². The molecular weight excluding hydrogens is 412 g/mol. The number of anilines is 2. The van der Waals surface area contributed by atoms with Gasteiger partial charge in [-0.25, -0.2) is 8.42 Å². The highest BCUT2D eigenvalue weighted by Gasteiger charge is 2.29. The predicted molar refractivity (Wildman–Crippen MR) is 121 cm³/mol. The minimum absolute atomic E-state index is 0.204. The van der Waals surface area contributed by atoms with E-state index in [9.17, 15) is 13.2 Å². The van der Waals surface area contributed by atoms with Crippen molar-refractivity contribution in [1.82, 2.24) is 0 Å². The zero-order chi connectivity index (χ0) is 22.0. The highest BCUT2D eigenvalue weighted by atomic mass is 32.2. The van der Waals surface area contributed by atoms with Gasteiger partial charge >= 0.3 is 0 Å². The first-order valence-corrected chi connectivity index (χ1v) is 11.5. The van der Waals surface area contributed by atoms with Gasteiger partial charge in [-0.2, -0.15) is 0 Å².